The summed E-state index contributed by atoms with van der Waals surface area (Å²) in [7, 11) is 0. The molecule has 0 amide bonds. The first-order valence-corrected chi connectivity index (χ1v) is 43.4. The molecule has 7 nitrogen and oxygen atoms in total. The van der Waals surface area contributed by atoms with Crippen LogP contribution in [0.4, 0.5) is 0 Å². The van der Waals surface area contributed by atoms with Crippen molar-refractivity contribution >= 4 is 151 Å². The molecule has 4 heterocycles. The normalized spacial score (nSPS) is 11.4. The van der Waals surface area contributed by atoms with Gasteiger partial charge < -0.3 is 0 Å². The average Bonchev–Trinajstić information content (AvgIpc) is 0.739. The zero-order valence-corrected chi connectivity index (χ0v) is 69.6. The summed E-state index contributed by atoms with van der Waals surface area (Å²) in [6.45, 7) is 0. The minimum Gasteiger partial charge on any atom is -0.264 e. The van der Waals surface area contributed by atoms with Gasteiger partial charge in [0.1, 0.15) is 6.33 Å². The van der Waals surface area contributed by atoms with E-state index in [-0.39, 0.29) is 0 Å². The Morgan fingerprint density at radius 2 is 0.477 bits per heavy atom. The molecule has 26 aromatic rings. The molecule has 0 aliphatic heterocycles. The quantitative estimate of drug-likeness (QED) is 0.140. The van der Waals surface area contributed by atoms with Crippen molar-refractivity contribution in [1.29, 1.82) is 0 Å². The predicted molar refractivity (Wildman–Crippen MR) is 539 cm³/mol. The van der Waals surface area contributed by atoms with Crippen molar-refractivity contribution in [2.45, 2.75) is 0 Å². The van der Waals surface area contributed by atoms with Crippen LogP contribution in [0.3, 0.4) is 0 Å². The van der Waals surface area contributed by atoms with Crippen LogP contribution < -0.4 is 0 Å². The zero-order valence-electron chi connectivity index (χ0n) is 69.6. The Hall–Kier alpha value is -17.1. The summed E-state index contributed by atoms with van der Waals surface area (Å²) in [6.07, 6.45) is 9.17. The predicted octanol–water partition coefficient (Wildman–Crippen LogP) is 32.0. The fourth-order valence-electron chi connectivity index (χ4n) is 19.2. The third-order valence-electron chi connectivity index (χ3n) is 25.2. The summed E-state index contributed by atoms with van der Waals surface area (Å²) in [5.41, 5.74) is 15.7. The van der Waals surface area contributed by atoms with E-state index in [1.54, 1.807) is 6.33 Å². The van der Waals surface area contributed by atoms with Gasteiger partial charge >= 0.3 is 0 Å². The number of rotatable bonds is 8. The van der Waals surface area contributed by atoms with Crippen LogP contribution >= 0.6 is 0 Å². The lowest BCUT2D eigenvalue weighted by Gasteiger charge is -2.14. The monoisotopic (exact) mass is 1630 g/mol. The van der Waals surface area contributed by atoms with Crippen LogP contribution in [0.15, 0.2) is 468 Å². The van der Waals surface area contributed by atoms with Gasteiger partial charge in [-0.25, -0.2) is 24.9 Å². The van der Waals surface area contributed by atoms with Crippen molar-refractivity contribution < 1.29 is 0 Å². The average molecular weight is 1630 g/mol. The Bertz CT molecular complexity index is 8450. The van der Waals surface area contributed by atoms with Crippen LogP contribution in [-0.2, 0) is 0 Å². The summed E-state index contributed by atoms with van der Waals surface area (Å²) >= 11 is 0. The van der Waals surface area contributed by atoms with Gasteiger partial charge in [-0.3, -0.25) is 9.97 Å². The third-order valence-corrected chi connectivity index (χ3v) is 25.2. The fourth-order valence-corrected chi connectivity index (χ4v) is 19.2. The Morgan fingerprint density at radius 1 is 0.148 bits per heavy atom. The van der Waals surface area contributed by atoms with E-state index < -0.39 is 0 Å². The van der Waals surface area contributed by atoms with Gasteiger partial charge in [0.25, 0.3) is 0 Å². The van der Waals surface area contributed by atoms with Crippen LogP contribution in [0.2, 0.25) is 0 Å². The van der Waals surface area contributed by atoms with Gasteiger partial charge in [-0.15, -0.1) is 0 Å². The van der Waals surface area contributed by atoms with Crippen molar-refractivity contribution in [1.82, 2.24) is 34.9 Å². The Labute approximate surface area is 738 Å². The first-order valence-electron chi connectivity index (χ1n) is 43.4. The van der Waals surface area contributed by atoms with E-state index in [4.69, 9.17) is 15.0 Å². The molecule has 0 spiro atoms. The molecule has 4 aromatic heterocycles. The lowest BCUT2D eigenvalue weighted by Crippen LogP contribution is -1.95. The summed E-state index contributed by atoms with van der Waals surface area (Å²) < 4.78 is 0. The Balaban J connectivity index is 0.0000000978. The van der Waals surface area contributed by atoms with E-state index in [0.717, 1.165) is 44.9 Å². The highest BCUT2D eigenvalue weighted by molar-refractivity contribution is 6.30. The van der Waals surface area contributed by atoms with Crippen LogP contribution in [0, 0.1) is 0 Å². The highest BCUT2D eigenvalue weighted by Crippen LogP contribution is 2.45. The van der Waals surface area contributed by atoms with Gasteiger partial charge in [-0.2, -0.15) is 0 Å². The van der Waals surface area contributed by atoms with Crippen LogP contribution in [0.25, 0.3) is 241 Å². The summed E-state index contributed by atoms with van der Waals surface area (Å²) in [5, 5.41) is 34.2. The molecule has 22 aromatic carbocycles. The van der Waals surface area contributed by atoms with Crippen LogP contribution in [0.1, 0.15) is 0 Å². The number of hydrogen-bond donors (Lipinski definition) is 0. The van der Waals surface area contributed by atoms with Crippen molar-refractivity contribution in [3.05, 3.63) is 468 Å². The maximum Gasteiger partial charge on any atom is 0.163 e. The maximum absolute atomic E-state index is 4.85. The summed E-state index contributed by atoms with van der Waals surface area (Å²) in [4.78, 5) is 32.2. The number of aromatic nitrogens is 7. The third kappa shape index (κ3) is 13.9. The molecule has 0 fully saturated rings. The van der Waals surface area contributed by atoms with E-state index in [1.165, 1.54) is 184 Å². The molecule has 26 rings (SSSR count). The largest absolute Gasteiger partial charge is 0.264 e. The fraction of sp³-hybridized carbons (Fsp3) is 0. The van der Waals surface area contributed by atoms with Crippen LogP contribution in [0.5, 0.6) is 0 Å². The van der Waals surface area contributed by atoms with Crippen LogP contribution in [-0.4, -0.2) is 34.9 Å². The van der Waals surface area contributed by atoms with Crippen molar-refractivity contribution in [3.63, 3.8) is 0 Å². The van der Waals surface area contributed by atoms with Gasteiger partial charge in [-0.1, -0.05) is 382 Å². The number of hydrogen-bond acceptors (Lipinski definition) is 7. The highest BCUT2D eigenvalue weighted by Gasteiger charge is 2.20. The first kappa shape index (κ1) is 75.8. The van der Waals surface area contributed by atoms with Gasteiger partial charge in [0.15, 0.2) is 17.5 Å². The van der Waals surface area contributed by atoms with E-state index in [2.05, 4.69) is 396 Å². The lowest BCUT2D eigenvalue weighted by molar-refractivity contribution is 1.07. The molecule has 0 radical (unpaired) electrons. The molecular weight excluding hydrogens is 1550 g/mol. The molecule has 0 atom stereocenters. The smallest absolute Gasteiger partial charge is 0.163 e. The zero-order chi connectivity index (χ0) is 84.8. The molecule has 0 aliphatic carbocycles. The maximum atomic E-state index is 4.85. The molecule has 0 saturated carbocycles. The second-order valence-corrected chi connectivity index (χ2v) is 32.4. The second-order valence-electron chi connectivity index (χ2n) is 32.4. The number of fused-ring (bicyclic) bond motifs is 26. The minimum absolute atomic E-state index is 0.683. The van der Waals surface area contributed by atoms with E-state index >= 15 is 0 Å². The minimum atomic E-state index is 0.683. The number of pyridine rings is 2. The standard InChI is InChI=1S/2C33H21N.C28H18N2.C27H17N3/c1-2-9-22(10-3-1)24-18-19-25(33-31(24)15-8-20-34-33)23-16-17-30-28-13-5-4-11-26(28)27-12-6-7-14-29(27)32(30)21-23;1-2-8-22(9-3-1)31-20-25(18-24-16-17-34-21-33(24)31)23-14-15-30-28-12-5-4-10-26(28)27-11-6-7-13-29(27)32(30)19-23;1-2-8-19(9-3-1)27-16-17-29-28(30-27)20-14-15-25-23-12-5-4-10-21(23)22-11-6-7-13-24(22)26(25)18-20;1-2-8-18(9-3-1)26-28-17-29-27(30-26)19-14-15-24-22-12-5-4-10-20(22)21-11-6-7-13-23(21)25(24)16-19/h2*1-21H;1-18H;1-17H. The Kier molecular flexibility index (Phi) is 19.5. The van der Waals surface area contributed by atoms with Crippen molar-refractivity contribution in [2.24, 2.45) is 0 Å². The number of benzene rings is 22. The molecule has 0 saturated heterocycles. The van der Waals surface area contributed by atoms with Crippen molar-refractivity contribution in [2.75, 3.05) is 0 Å². The lowest BCUT2D eigenvalue weighted by atomic mass is 9.90. The highest BCUT2D eigenvalue weighted by atomic mass is 15.0. The van der Waals surface area contributed by atoms with E-state index in [1.807, 2.05) is 85.5 Å². The molecular formula is C121H77N7. The second kappa shape index (κ2) is 32.9. The van der Waals surface area contributed by atoms with Crippen molar-refractivity contribution in [3.8, 4) is 89.9 Å². The topological polar surface area (TPSA) is 90.2 Å². The number of nitrogens with zero attached hydrogens (tertiary/aromatic N) is 7. The molecule has 596 valence electrons. The van der Waals surface area contributed by atoms with E-state index in [9.17, 15) is 0 Å². The molecule has 0 bridgehead atoms. The van der Waals surface area contributed by atoms with E-state index in [0.29, 0.717) is 11.6 Å². The van der Waals surface area contributed by atoms with Gasteiger partial charge in [-0.05, 0) is 228 Å². The molecule has 7 heteroatoms. The Morgan fingerprint density at radius 3 is 0.914 bits per heavy atom. The molecule has 0 aliphatic rings. The van der Waals surface area contributed by atoms with Gasteiger partial charge in [0, 0.05) is 63.4 Å². The SMILES string of the molecule is c1ccc(-c2cc(-c3ccc4c5ccccc5c5ccccc5c4c3)cc3ccncc23)cc1.c1ccc(-c2ccc(-c3ccc4c5ccccc5c5ccccc5c4c3)c3ncccc23)cc1.c1ccc(-c2ccnc(-c3ccc4c5ccccc5c5ccccc5c4c3)n2)cc1.c1ccc(-c2ncnc(-c3ccc4c5ccccc5c5ccccc5c4c3)n2)cc1. The molecule has 0 N–H and O–H groups in total. The molecule has 128 heavy (non-hydrogen) atoms. The summed E-state index contributed by atoms with van der Waals surface area (Å²) in [5.74, 6) is 2.11. The summed E-state index contributed by atoms with van der Waals surface area (Å²) in [6, 6.07) is 155. The molecule has 0 unspecified atom stereocenters. The van der Waals surface area contributed by atoms with Gasteiger partial charge in [0.2, 0.25) is 0 Å². The van der Waals surface area contributed by atoms with Gasteiger partial charge in [0.05, 0.1) is 11.2 Å². The first-order chi connectivity index (χ1) is 63.5.